The van der Waals surface area contributed by atoms with Gasteiger partial charge in [-0.2, -0.15) is 0 Å². The van der Waals surface area contributed by atoms with Crippen LogP contribution in [0.3, 0.4) is 0 Å². The van der Waals surface area contributed by atoms with Crippen LogP contribution in [-0.2, 0) is 10.2 Å². The quantitative estimate of drug-likeness (QED) is 0.896. The third-order valence-corrected chi connectivity index (χ3v) is 3.84. The number of amides is 1. The van der Waals surface area contributed by atoms with Crippen molar-refractivity contribution in [3.05, 3.63) is 23.8 Å². The number of likely N-dealkylation sites (N-methyl/N-ethyl adjacent to an activating group) is 2. The Morgan fingerprint density at radius 2 is 1.91 bits per heavy atom. The Kier molecular flexibility index (Phi) is 6.50. The molecule has 6 heteroatoms. The first-order chi connectivity index (χ1) is 9.96. The molecule has 0 spiro atoms. The molecule has 0 saturated heterocycles. The molecule has 1 heterocycles. The maximum Gasteiger partial charge on any atom is 0.232 e. The topological polar surface area (TPSA) is 50.8 Å². The number of carbonyl (C=O) groups is 1. The monoisotopic (exact) mass is 328 g/mol. The molecule has 5 nitrogen and oxygen atoms in total. The van der Waals surface area contributed by atoms with Crippen LogP contribution in [0.4, 0.5) is 0 Å². The van der Waals surface area contributed by atoms with E-state index in [9.17, 15) is 4.79 Å². The van der Waals surface area contributed by atoms with Crippen molar-refractivity contribution >= 4 is 18.3 Å². The predicted molar refractivity (Wildman–Crippen MR) is 89.3 cm³/mol. The second-order valence-electron chi connectivity index (χ2n) is 5.81. The minimum absolute atomic E-state index is 0. The second-order valence-corrected chi connectivity index (χ2v) is 5.81. The highest BCUT2D eigenvalue weighted by Gasteiger charge is 2.33. The summed E-state index contributed by atoms with van der Waals surface area (Å²) < 4.78 is 11.1. The molecule has 0 saturated carbocycles. The molecule has 1 aromatic carbocycles. The van der Waals surface area contributed by atoms with Crippen LogP contribution in [0.2, 0.25) is 0 Å². The van der Waals surface area contributed by atoms with Crippen LogP contribution < -0.4 is 14.8 Å². The number of nitrogens with zero attached hydrogens (tertiary/aromatic N) is 1. The molecular formula is C16H25ClN2O3. The number of fused-ring (bicyclic) bond motifs is 1. The van der Waals surface area contributed by atoms with Gasteiger partial charge in [-0.15, -0.1) is 12.4 Å². The minimum Gasteiger partial charge on any atom is -0.486 e. The fourth-order valence-corrected chi connectivity index (χ4v) is 2.41. The van der Waals surface area contributed by atoms with Crippen LogP contribution in [-0.4, -0.2) is 51.2 Å². The highest BCUT2D eigenvalue weighted by Crippen LogP contribution is 2.35. The molecule has 0 atom stereocenters. The van der Waals surface area contributed by atoms with E-state index in [1.165, 1.54) is 0 Å². The summed E-state index contributed by atoms with van der Waals surface area (Å²) in [4.78, 5) is 14.4. The molecule has 22 heavy (non-hydrogen) atoms. The first-order valence-electron chi connectivity index (χ1n) is 7.27. The normalized spacial score (nSPS) is 13.3. The van der Waals surface area contributed by atoms with Crippen molar-refractivity contribution in [3.63, 3.8) is 0 Å². The van der Waals surface area contributed by atoms with Gasteiger partial charge in [0.2, 0.25) is 5.91 Å². The Hall–Kier alpha value is -1.46. The molecule has 1 amide bonds. The minimum atomic E-state index is -0.599. The lowest BCUT2D eigenvalue weighted by molar-refractivity contribution is -0.134. The Bertz CT molecular complexity index is 520. The van der Waals surface area contributed by atoms with Crippen LogP contribution in [0.1, 0.15) is 19.4 Å². The number of hydrogen-bond donors (Lipinski definition) is 1. The van der Waals surface area contributed by atoms with E-state index < -0.39 is 5.41 Å². The molecule has 0 aromatic heterocycles. The number of benzene rings is 1. The average Bonchev–Trinajstić information content (AvgIpc) is 2.51. The van der Waals surface area contributed by atoms with Crippen molar-refractivity contribution in [2.24, 2.45) is 0 Å². The smallest absolute Gasteiger partial charge is 0.232 e. The molecule has 2 rings (SSSR count). The van der Waals surface area contributed by atoms with Gasteiger partial charge in [-0.25, -0.2) is 0 Å². The molecule has 1 N–H and O–H groups in total. The number of hydrogen-bond acceptors (Lipinski definition) is 4. The van der Waals surface area contributed by atoms with Crippen molar-refractivity contribution in [2.45, 2.75) is 19.3 Å². The summed E-state index contributed by atoms with van der Waals surface area (Å²) in [6.07, 6.45) is 0. The zero-order chi connectivity index (χ0) is 15.5. The molecule has 1 aliphatic heterocycles. The summed E-state index contributed by atoms with van der Waals surface area (Å²) in [7, 11) is 3.71. The second kappa shape index (κ2) is 7.70. The van der Waals surface area contributed by atoms with Crippen LogP contribution >= 0.6 is 12.4 Å². The summed E-state index contributed by atoms with van der Waals surface area (Å²) >= 11 is 0. The van der Waals surface area contributed by atoms with E-state index in [0.29, 0.717) is 19.8 Å². The zero-order valence-electron chi connectivity index (χ0n) is 13.6. The van der Waals surface area contributed by atoms with Gasteiger partial charge in [0, 0.05) is 20.1 Å². The zero-order valence-corrected chi connectivity index (χ0v) is 14.5. The third kappa shape index (κ3) is 3.84. The highest BCUT2D eigenvalue weighted by molar-refractivity contribution is 5.87. The Morgan fingerprint density at radius 3 is 2.55 bits per heavy atom. The van der Waals surface area contributed by atoms with Gasteiger partial charge in [0.1, 0.15) is 13.2 Å². The molecular weight excluding hydrogens is 304 g/mol. The van der Waals surface area contributed by atoms with E-state index in [4.69, 9.17) is 9.47 Å². The SMILES string of the molecule is CNCCN(C)C(=O)C(C)(C)c1ccc2c(c1)OCCO2.Cl. The summed E-state index contributed by atoms with van der Waals surface area (Å²) in [6.45, 7) is 6.46. The molecule has 124 valence electrons. The van der Waals surface area contributed by atoms with E-state index in [-0.39, 0.29) is 18.3 Å². The van der Waals surface area contributed by atoms with Gasteiger partial charge in [0.25, 0.3) is 0 Å². The van der Waals surface area contributed by atoms with Gasteiger partial charge in [-0.05, 0) is 38.6 Å². The molecule has 0 radical (unpaired) electrons. The number of carbonyl (C=O) groups excluding carboxylic acids is 1. The molecule has 0 bridgehead atoms. The number of halogens is 1. The van der Waals surface area contributed by atoms with E-state index in [0.717, 1.165) is 23.6 Å². The lowest BCUT2D eigenvalue weighted by atomic mass is 9.83. The molecule has 0 unspecified atom stereocenters. The van der Waals surface area contributed by atoms with Crippen LogP contribution in [0.25, 0.3) is 0 Å². The standard InChI is InChI=1S/C16H24N2O3.ClH/c1-16(2,15(19)18(4)8-7-17-3)12-5-6-13-14(11-12)21-10-9-20-13;/h5-6,11,17H,7-10H2,1-4H3;1H. The van der Waals surface area contributed by atoms with Gasteiger partial charge < -0.3 is 19.7 Å². The summed E-state index contributed by atoms with van der Waals surface area (Å²) in [5.41, 5.74) is 0.339. The Morgan fingerprint density at radius 1 is 1.27 bits per heavy atom. The first-order valence-corrected chi connectivity index (χ1v) is 7.27. The van der Waals surface area contributed by atoms with Crippen molar-refractivity contribution in [3.8, 4) is 11.5 Å². The van der Waals surface area contributed by atoms with E-state index in [1.54, 1.807) is 4.90 Å². The van der Waals surface area contributed by atoms with Crippen molar-refractivity contribution in [1.29, 1.82) is 0 Å². The van der Waals surface area contributed by atoms with Gasteiger partial charge >= 0.3 is 0 Å². The maximum absolute atomic E-state index is 12.7. The lowest BCUT2D eigenvalue weighted by Gasteiger charge is -2.31. The van der Waals surface area contributed by atoms with E-state index in [2.05, 4.69) is 5.32 Å². The van der Waals surface area contributed by atoms with Crippen LogP contribution in [0, 0.1) is 0 Å². The number of nitrogens with one attached hydrogen (secondary N) is 1. The maximum atomic E-state index is 12.7. The van der Waals surface area contributed by atoms with Gasteiger partial charge in [-0.1, -0.05) is 6.07 Å². The van der Waals surface area contributed by atoms with Crippen LogP contribution in [0.5, 0.6) is 11.5 Å². The van der Waals surface area contributed by atoms with E-state index >= 15 is 0 Å². The van der Waals surface area contributed by atoms with E-state index in [1.807, 2.05) is 46.1 Å². The van der Waals surface area contributed by atoms with Gasteiger partial charge in [-0.3, -0.25) is 4.79 Å². The van der Waals surface area contributed by atoms with Gasteiger partial charge in [0.05, 0.1) is 5.41 Å². The first kappa shape index (κ1) is 18.6. The van der Waals surface area contributed by atoms with Crippen molar-refractivity contribution in [1.82, 2.24) is 10.2 Å². The fraction of sp³-hybridized carbons (Fsp3) is 0.562. The fourth-order valence-electron chi connectivity index (χ4n) is 2.41. The summed E-state index contributed by atoms with van der Waals surface area (Å²) in [5.74, 6) is 1.56. The molecule has 0 aliphatic carbocycles. The average molecular weight is 329 g/mol. The Balaban J connectivity index is 0.00000242. The van der Waals surface area contributed by atoms with Crippen molar-refractivity contribution in [2.75, 3.05) is 40.4 Å². The van der Waals surface area contributed by atoms with Gasteiger partial charge in [0.15, 0.2) is 11.5 Å². The summed E-state index contributed by atoms with van der Waals surface area (Å²) in [6, 6.07) is 5.74. The molecule has 1 aromatic rings. The molecule has 1 aliphatic rings. The van der Waals surface area contributed by atoms with Crippen LogP contribution in [0.15, 0.2) is 18.2 Å². The van der Waals surface area contributed by atoms with Crippen molar-refractivity contribution < 1.29 is 14.3 Å². The number of ether oxygens (including phenoxy) is 2. The lowest BCUT2D eigenvalue weighted by Crippen LogP contribution is -2.43. The highest BCUT2D eigenvalue weighted by atomic mass is 35.5. The largest absolute Gasteiger partial charge is 0.486 e. The molecule has 0 fully saturated rings. The number of rotatable bonds is 5. The summed E-state index contributed by atoms with van der Waals surface area (Å²) in [5, 5.41) is 3.06. The third-order valence-electron chi connectivity index (χ3n) is 3.84. The Labute approximate surface area is 138 Å². The predicted octanol–water partition coefficient (Wildman–Crippen LogP) is 1.83.